The van der Waals surface area contributed by atoms with Gasteiger partial charge in [0.05, 0.1) is 22.5 Å². The number of allylic oxidation sites excluding steroid dienone is 1. The Labute approximate surface area is 147 Å². The third-order valence-electron chi connectivity index (χ3n) is 7.84. The average Bonchev–Trinajstić information content (AvgIpc) is 2.64. The van der Waals surface area contributed by atoms with Crippen molar-refractivity contribution >= 4 is 11.8 Å². The quantitative estimate of drug-likeness (QED) is 0.500. The topological polar surface area (TPSA) is 94.8 Å². The van der Waals surface area contributed by atoms with Crippen LogP contribution in [0.5, 0.6) is 0 Å². The van der Waals surface area contributed by atoms with Crippen LogP contribution in [0.4, 0.5) is 0 Å². The highest BCUT2D eigenvalue weighted by Crippen LogP contribution is 2.70. The van der Waals surface area contributed by atoms with E-state index in [0.717, 1.165) is 18.4 Å². The van der Waals surface area contributed by atoms with Gasteiger partial charge in [0.1, 0.15) is 0 Å². The molecule has 4 rings (SSSR count). The lowest BCUT2D eigenvalue weighted by atomic mass is 9.43. The highest BCUT2D eigenvalue weighted by molar-refractivity contribution is 6.07. The SMILES string of the molecule is C=C1C(=O)C23CC(O)C4C(C)(C(=O)O)CCCC4(C)C2=CCC1(O)C3. The van der Waals surface area contributed by atoms with Crippen molar-refractivity contribution in [3.63, 3.8) is 0 Å². The van der Waals surface area contributed by atoms with E-state index in [1.165, 1.54) is 0 Å². The van der Waals surface area contributed by atoms with E-state index >= 15 is 0 Å². The number of hydrogen-bond acceptors (Lipinski definition) is 4. The monoisotopic (exact) mass is 346 g/mol. The summed E-state index contributed by atoms with van der Waals surface area (Å²) in [5.74, 6) is -1.48. The van der Waals surface area contributed by atoms with Crippen LogP contribution in [0.2, 0.25) is 0 Å². The largest absolute Gasteiger partial charge is 0.481 e. The van der Waals surface area contributed by atoms with E-state index in [4.69, 9.17) is 0 Å². The third-order valence-corrected chi connectivity index (χ3v) is 7.84. The second-order valence-electron chi connectivity index (χ2n) is 9.16. The molecule has 0 aromatic rings. The number of aliphatic hydroxyl groups is 2. The normalized spacial score (nSPS) is 51.6. The number of carboxylic acid groups (broad SMARTS) is 1. The van der Waals surface area contributed by atoms with Gasteiger partial charge in [0.2, 0.25) is 0 Å². The molecule has 25 heavy (non-hydrogen) atoms. The lowest BCUT2D eigenvalue weighted by Crippen LogP contribution is -2.61. The number of ketones is 1. The molecule has 5 heteroatoms. The van der Waals surface area contributed by atoms with Gasteiger partial charge in [-0.05, 0) is 44.4 Å². The van der Waals surface area contributed by atoms with Crippen LogP contribution in [0.1, 0.15) is 52.4 Å². The molecule has 0 radical (unpaired) electrons. The zero-order chi connectivity index (χ0) is 18.4. The highest BCUT2D eigenvalue weighted by atomic mass is 16.4. The van der Waals surface area contributed by atoms with Gasteiger partial charge in [-0.15, -0.1) is 0 Å². The first-order chi connectivity index (χ1) is 11.5. The van der Waals surface area contributed by atoms with Crippen molar-refractivity contribution in [1.82, 2.24) is 0 Å². The van der Waals surface area contributed by atoms with E-state index in [0.29, 0.717) is 12.8 Å². The minimum Gasteiger partial charge on any atom is -0.481 e. The molecule has 0 aromatic carbocycles. The van der Waals surface area contributed by atoms with Crippen LogP contribution < -0.4 is 0 Å². The summed E-state index contributed by atoms with van der Waals surface area (Å²) in [6.07, 6.45) is 3.89. The van der Waals surface area contributed by atoms with Gasteiger partial charge in [0.15, 0.2) is 5.78 Å². The summed E-state index contributed by atoms with van der Waals surface area (Å²) in [4.78, 5) is 25.1. The highest BCUT2D eigenvalue weighted by Gasteiger charge is 2.70. The minimum atomic E-state index is -1.21. The summed E-state index contributed by atoms with van der Waals surface area (Å²) >= 11 is 0. The molecule has 4 aliphatic carbocycles. The maximum Gasteiger partial charge on any atom is 0.309 e. The molecule has 1 spiro atoms. The fourth-order valence-electron chi connectivity index (χ4n) is 6.82. The number of aliphatic carboxylic acids is 1. The Morgan fingerprint density at radius 1 is 1.32 bits per heavy atom. The van der Waals surface area contributed by atoms with Gasteiger partial charge >= 0.3 is 5.97 Å². The summed E-state index contributed by atoms with van der Waals surface area (Å²) in [5.41, 5.74) is -2.51. The Morgan fingerprint density at radius 3 is 2.64 bits per heavy atom. The number of aliphatic hydroxyl groups excluding tert-OH is 1. The molecule has 0 aromatic heterocycles. The first kappa shape index (κ1) is 17.0. The molecular formula is C20H26O5. The van der Waals surface area contributed by atoms with Crippen LogP contribution >= 0.6 is 0 Å². The molecule has 0 saturated heterocycles. The first-order valence-electron chi connectivity index (χ1n) is 9.10. The van der Waals surface area contributed by atoms with Crippen LogP contribution in [-0.4, -0.2) is 38.8 Å². The van der Waals surface area contributed by atoms with Crippen LogP contribution in [0, 0.1) is 22.2 Å². The Hall–Kier alpha value is -1.46. The van der Waals surface area contributed by atoms with E-state index in [1.54, 1.807) is 6.92 Å². The van der Waals surface area contributed by atoms with Gasteiger partial charge in [-0.3, -0.25) is 9.59 Å². The summed E-state index contributed by atoms with van der Waals surface area (Å²) < 4.78 is 0. The predicted octanol–water partition coefficient (Wildman–Crippen LogP) is 2.22. The Bertz CT molecular complexity index is 738. The van der Waals surface area contributed by atoms with Gasteiger partial charge in [-0.1, -0.05) is 31.6 Å². The lowest BCUT2D eigenvalue weighted by Gasteiger charge is -2.61. The molecule has 5 nitrogen and oxygen atoms in total. The molecule has 2 bridgehead atoms. The van der Waals surface area contributed by atoms with Crippen molar-refractivity contribution in [3.8, 4) is 0 Å². The Morgan fingerprint density at radius 2 is 2.00 bits per heavy atom. The molecule has 0 aliphatic heterocycles. The van der Waals surface area contributed by atoms with Crippen molar-refractivity contribution in [3.05, 3.63) is 23.8 Å². The van der Waals surface area contributed by atoms with Gasteiger partial charge in [-0.25, -0.2) is 0 Å². The average molecular weight is 346 g/mol. The van der Waals surface area contributed by atoms with Crippen molar-refractivity contribution in [1.29, 1.82) is 0 Å². The van der Waals surface area contributed by atoms with E-state index in [2.05, 4.69) is 6.58 Å². The number of hydrogen-bond donors (Lipinski definition) is 3. The zero-order valence-corrected chi connectivity index (χ0v) is 14.8. The van der Waals surface area contributed by atoms with Crippen LogP contribution in [0.3, 0.4) is 0 Å². The number of rotatable bonds is 1. The Balaban J connectivity index is 1.91. The maximum atomic E-state index is 13.1. The number of Topliss-reactive ketones (excluding diaryl/α,β-unsaturated/α-hetero) is 1. The van der Waals surface area contributed by atoms with E-state index in [-0.39, 0.29) is 24.2 Å². The molecule has 6 unspecified atom stereocenters. The number of carbonyl (C=O) groups excluding carboxylic acids is 1. The smallest absolute Gasteiger partial charge is 0.309 e. The first-order valence-corrected chi connectivity index (χ1v) is 9.10. The molecule has 0 heterocycles. The molecule has 3 saturated carbocycles. The predicted molar refractivity (Wildman–Crippen MR) is 90.7 cm³/mol. The van der Waals surface area contributed by atoms with Gasteiger partial charge in [0.25, 0.3) is 0 Å². The standard InChI is InChI=1S/C20H26O5/c1-11-15(22)19-9-12(21)14-17(2,6-4-7-18(14,3)16(23)24)13(19)5-8-20(11,25)10-19/h5,12,14,21,25H,1,4,6-10H2,2-3H3,(H,23,24). The molecule has 6 atom stereocenters. The van der Waals surface area contributed by atoms with Gasteiger partial charge < -0.3 is 15.3 Å². The minimum absolute atomic E-state index is 0.167. The fourth-order valence-corrected chi connectivity index (χ4v) is 6.82. The Kier molecular flexibility index (Phi) is 3.14. The van der Waals surface area contributed by atoms with E-state index in [1.807, 2.05) is 13.0 Å². The fraction of sp³-hybridized carbons (Fsp3) is 0.700. The van der Waals surface area contributed by atoms with Crippen LogP contribution in [0.15, 0.2) is 23.8 Å². The molecule has 3 N–H and O–H groups in total. The lowest BCUT2D eigenvalue weighted by molar-refractivity contribution is -0.175. The summed E-state index contributed by atoms with van der Waals surface area (Å²) in [6.45, 7) is 7.57. The summed E-state index contributed by atoms with van der Waals surface area (Å²) in [6, 6.07) is 0. The van der Waals surface area contributed by atoms with Crippen LogP contribution in [-0.2, 0) is 9.59 Å². The molecule has 4 aliphatic rings. The van der Waals surface area contributed by atoms with Crippen molar-refractivity contribution in [2.45, 2.75) is 64.1 Å². The van der Waals surface area contributed by atoms with Crippen molar-refractivity contribution in [2.24, 2.45) is 22.2 Å². The number of carbonyl (C=O) groups is 2. The summed E-state index contributed by atoms with van der Waals surface area (Å²) in [7, 11) is 0. The molecule has 0 amide bonds. The number of fused-ring (bicyclic) bond motifs is 3. The second kappa shape index (κ2) is 4.63. The third kappa shape index (κ3) is 1.76. The second-order valence-corrected chi connectivity index (χ2v) is 9.16. The summed E-state index contributed by atoms with van der Waals surface area (Å²) in [5, 5.41) is 31.7. The zero-order valence-electron chi connectivity index (χ0n) is 14.8. The van der Waals surface area contributed by atoms with Crippen molar-refractivity contribution < 1.29 is 24.9 Å². The molecule has 3 fully saturated rings. The van der Waals surface area contributed by atoms with Gasteiger partial charge in [0, 0.05) is 11.5 Å². The van der Waals surface area contributed by atoms with E-state index < -0.39 is 39.8 Å². The molecule has 136 valence electrons. The van der Waals surface area contributed by atoms with Crippen molar-refractivity contribution in [2.75, 3.05) is 0 Å². The van der Waals surface area contributed by atoms with Crippen LogP contribution in [0.25, 0.3) is 0 Å². The molecular weight excluding hydrogens is 320 g/mol. The van der Waals surface area contributed by atoms with Gasteiger partial charge in [-0.2, -0.15) is 0 Å². The van der Waals surface area contributed by atoms with E-state index in [9.17, 15) is 24.9 Å². The maximum absolute atomic E-state index is 13.1. The number of carboxylic acids is 1.